The fourth-order valence-corrected chi connectivity index (χ4v) is 2.71. The number of fused-ring (bicyclic) bond motifs is 1. The van der Waals surface area contributed by atoms with Crippen LogP contribution in [0.1, 0.15) is 44.0 Å². The number of ether oxygens (including phenoxy) is 1. The summed E-state index contributed by atoms with van der Waals surface area (Å²) in [7, 11) is 0. The van der Waals surface area contributed by atoms with E-state index in [1.54, 1.807) is 0 Å². The van der Waals surface area contributed by atoms with Gasteiger partial charge in [0, 0.05) is 12.2 Å². The Morgan fingerprint density at radius 1 is 1.00 bits per heavy atom. The molecule has 0 aliphatic rings. The van der Waals surface area contributed by atoms with E-state index >= 15 is 0 Å². The molecule has 0 N–H and O–H groups in total. The van der Waals surface area contributed by atoms with Gasteiger partial charge in [0.05, 0.1) is 0 Å². The molecule has 2 rings (SSSR count). The lowest BCUT2D eigenvalue weighted by atomic mass is 9.87. The van der Waals surface area contributed by atoms with Crippen LogP contribution in [-0.2, 0) is 4.74 Å². The van der Waals surface area contributed by atoms with Crippen molar-refractivity contribution in [2.24, 2.45) is 0 Å². The maximum Gasteiger partial charge on any atom is 0.194 e. The first-order chi connectivity index (χ1) is 9.66. The molecule has 2 nitrogen and oxygen atoms in total. The SMILES string of the molecule is CCOC(CC)(CC)C(=O)c1ccc2ccccc2c1. The van der Waals surface area contributed by atoms with Gasteiger partial charge < -0.3 is 4.74 Å². The van der Waals surface area contributed by atoms with Crippen molar-refractivity contribution in [1.82, 2.24) is 0 Å². The molecule has 0 spiro atoms. The zero-order valence-corrected chi connectivity index (χ0v) is 12.5. The van der Waals surface area contributed by atoms with E-state index < -0.39 is 5.60 Å². The first-order valence-corrected chi connectivity index (χ1v) is 7.34. The molecule has 0 amide bonds. The van der Waals surface area contributed by atoms with E-state index in [1.165, 1.54) is 0 Å². The van der Waals surface area contributed by atoms with Crippen molar-refractivity contribution in [3.63, 3.8) is 0 Å². The van der Waals surface area contributed by atoms with E-state index in [0.29, 0.717) is 19.4 Å². The van der Waals surface area contributed by atoms with Gasteiger partial charge in [0.25, 0.3) is 0 Å². The van der Waals surface area contributed by atoms with Crippen molar-refractivity contribution in [1.29, 1.82) is 0 Å². The maximum absolute atomic E-state index is 12.8. The summed E-state index contributed by atoms with van der Waals surface area (Å²) < 4.78 is 5.81. The normalized spacial score (nSPS) is 11.8. The maximum atomic E-state index is 12.8. The highest BCUT2D eigenvalue weighted by Gasteiger charge is 2.36. The molecule has 0 radical (unpaired) electrons. The van der Waals surface area contributed by atoms with Crippen molar-refractivity contribution in [2.75, 3.05) is 6.61 Å². The van der Waals surface area contributed by atoms with Crippen LogP contribution >= 0.6 is 0 Å². The molecule has 2 aromatic rings. The number of Topliss-reactive ketones (excluding diaryl/α,β-unsaturated/α-hetero) is 1. The van der Waals surface area contributed by atoms with Crippen LogP contribution < -0.4 is 0 Å². The quantitative estimate of drug-likeness (QED) is 0.716. The topological polar surface area (TPSA) is 26.3 Å². The first-order valence-electron chi connectivity index (χ1n) is 7.34. The number of hydrogen-bond donors (Lipinski definition) is 0. The Morgan fingerprint density at radius 2 is 1.65 bits per heavy atom. The van der Waals surface area contributed by atoms with Crippen LogP contribution in [0.25, 0.3) is 10.8 Å². The van der Waals surface area contributed by atoms with Crippen molar-refractivity contribution in [3.8, 4) is 0 Å². The summed E-state index contributed by atoms with van der Waals surface area (Å²) in [4.78, 5) is 12.8. The fraction of sp³-hybridized carbons (Fsp3) is 0.389. The Hall–Kier alpha value is -1.67. The van der Waals surface area contributed by atoms with Gasteiger partial charge >= 0.3 is 0 Å². The second kappa shape index (κ2) is 6.19. The molecule has 0 fully saturated rings. The van der Waals surface area contributed by atoms with Gasteiger partial charge in [-0.1, -0.05) is 50.2 Å². The number of hydrogen-bond acceptors (Lipinski definition) is 2. The van der Waals surface area contributed by atoms with Gasteiger partial charge in [0.1, 0.15) is 5.60 Å². The van der Waals surface area contributed by atoms with E-state index in [4.69, 9.17) is 4.74 Å². The van der Waals surface area contributed by atoms with Crippen LogP contribution in [0.2, 0.25) is 0 Å². The molecule has 20 heavy (non-hydrogen) atoms. The zero-order chi connectivity index (χ0) is 14.6. The van der Waals surface area contributed by atoms with Crippen molar-refractivity contribution in [2.45, 2.75) is 39.2 Å². The van der Waals surface area contributed by atoms with Gasteiger partial charge in [0.2, 0.25) is 0 Å². The van der Waals surface area contributed by atoms with Gasteiger partial charge in [-0.3, -0.25) is 4.79 Å². The largest absolute Gasteiger partial charge is 0.367 e. The molecule has 0 bridgehead atoms. The van der Waals surface area contributed by atoms with Crippen LogP contribution in [0.15, 0.2) is 42.5 Å². The number of carbonyl (C=O) groups excluding carboxylic acids is 1. The zero-order valence-electron chi connectivity index (χ0n) is 12.5. The van der Waals surface area contributed by atoms with E-state index in [2.05, 4.69) is 6.07 Å². The summed E-state index contributed by atoms with van der Waals surface area (Å²) >= 11 is 0. The Balaban J connectivity index is 2.43. The third-order valence-corrected chi connectivity index (χ3v) is 3.99. The van der Waals surface area contributed by atoms with E-state index in [9.17, 15) is 4.79 Å². The summed E-state index contributed by atoms with van der Waals surface area (Å²) in [5.74, 6) is 0.0927. The third kappa shape index (κ3) is 2.61. The van der Waals surface area contributed by atoms with E-state index in [0.717, 1.165) is 16.3 Å². The fourth-order valence-electron chi connectivity index (χ4n) is 2.71. The predicted octanol–water partition coefficient (Wildman–Crippen LogP) is 4.62. The minimum atomic E-state index is -0.683. The van der Waals surface area contributed by atoms with E-state index in [-0.39, 0.29) is 5.78 Å². The predicted molar refractivity (Wildman–Crippen MR) is 83.2 cm³/mol. The molecule has 0 aromatic heterocycles. The molecule has 0 aliphatic heterocycles. The molecular formula is C18H22O2. The number of ketones is 1. The molecule has 0 saturated carbocycles. The molecule has 0 heterocycles. The summed E-state index contributed by atoms with van der Waals surface area (Å²) in [6.45, 7) is 6.52. The molecule has 0 aliphatic carbocycles. The highest BCUT2D eigenvalue weighted by molar-refractivity contribution is 6.05. The van der Waals surface area contributed by atoms with E-state index in [1.807, 2.05) is 57.2 Å². The lowest BCUT2D eigenvalue weighted by Crippen LogP contribution is -2.40. The minimum Gasteiger partial charge on any atom is -0.367 e. The highest BCUT2D eigenvalue weighted by atomic mass is 16.5. The minimum absolute atomic E-state index is 0.0927. The number of rotatable bonds is 6. The third-order valence-electron chi connectivity index (χ3n) is 3.99. The van der Waals surface area contributed by atoms with Crippen LogP contribution in [0.4, 0.5) is 0 Å². The van der Waals surface area contributed by atoms with Crippen molar-refractivity contribution >= 4 is 16.6 Å². The standard InChI is InChI=1S/C18H22O2/c1-4-18(5-2,20-6-3)17(19)16-12-11-14-9-7-8-10-15(14)13-16/h7-13H,4-6H2,1-3H3. The molecule has 2 heteroatoms. The molecule has 0 unspecified atom stereocenters. The van der Waals surface area contributed by atoms with Crippen molar-refractivity contribution in [3.05, 3.63) is 48.0 Å². The van der Waals surface area contributed by atoms with Crippen molar-refractivity contribution < 1.29 is 9.53 Å². The number of carbonyl (C=O) groups is 1. The lowest BCUT2D eigenvalue weighted by Gasteiger charge is -2.30. The molecule has 2 aromatic carbocycles. The highest BCUT2D eigenvalue weighted by Crippen LogP contribution is 2.27. The lowest BCUT2D eigenvalue weighted by molar-refractivity contribution is -0.0250. The van der Waals surface area contributed by atoms with Gasteiger partial charge in [-0.25, -0.2) is 0 Å². The molecule has 106 valence electrons. The van der Waals surface area contributed by atoms with Gasteiger partial charge in [-0.05, 0) is 36.6 Å². The number of benzene rings is 2. The van der Waals surface area contributed by atoms with Gasteiger partial charge in [0.15, 0.2) is 5.78 Å². The Kier molecular flexibility index (Phi) is 4.56. The van der Waals surface area contributed by atoms with Gasteiger partial charge in [-0.15, -0.1) is 0 Å². The Labute approximate surface area is 120 Å². The second-order valence-corrected chi connectivity index (χ2v) is 5.03. The Bertz CT molecular complexity index is 597. The molecular weight excluding hydrogens is 248 g/mol. The molecule has 0 atom stereocenters. The summed E-state index contributed by atoms with van der Waals surface area (Å²) in [5, 5.41) is 2.25. The summed E-state index contributed by atoms with van der Waals surface area (Å²) in [5.41, 5.74) is 0.0536. The Morgan fingerprint density at radius 3 is 2.25 bits per heavy atom. The average molecular weight is 270 g/mol. The average Bonchev–Trinajstić information content (AvgIpc) is 2.51. The monoisotopic (exact) mass is 270 g/mol. The smallest absolute Gasteiger partial charge is 0.194 e. The van der Waals surface area contributed by atoms with Crippen LogP contribution in [-0.4, -0.2) is 18.0 Å². The summed E-state index contributed by atoms with van der Waals surface area (Å²) in [6.07, 6.45) is 1.39. The first kappa shape index (κ1) is 14.7. The van der Waals surface area contributed by atoms with Crippen LogP contribution in [0, 0.1) is 0 Å². The molecule has 0 saturated heterocycles. The second-order valence-electron chi connectivity index (χ2n) is 5.03. The summed E-state index contributed by atoms with van der Waals surface area (Å²) in [6, 6.07) is 14.0. The van der Waals surface area contributed by atoms with Crippen LogP contribution in [0.3, 0.4) is 0 Å². The van der Waals surface area contributed by atoms with Gasteiger partial charge in [-0.2, -0.15) is 0 Å². The van der Waals surface area contributed by atoms with Crippen LogP contribution in [0.5, 0.6) is 0 Å².